The third-order valence-electron chi connectivity index (χ3n) is 7.61. The molecule has 0 heterocycles. The summed E-state index contributed by atoms with van der Waals surface area (Å²) in [5, 5.41) is 10.5. The van der Waals surface area contributed by atoms with Crippen molar-refractivity contribution in [1.82, 2.24) is 4.90 Å². The minimum absolute atomic E-state index is 0.0903. The van der Waals surface area contributed by atoms with Gasteiger partial charge in [-0.25, -0.2) is 9.59 Å². The van der Waals surface area contributed by atoms with E-state index in [4.69, 9.17) is 9.47 Å². The fourth-order valence-electron chi connectivity index (χ4n) is 5.92. The Morgan fingerprint density at radius 1 is 1.00 bits per heavy atom. The van der Waals surface area contributed by atoms with Gasteiger partial charge >= 0.3 is 12.1 Å². The van der Waals surface area contributed by atoms with Crippen LogP contribution in [0.1, 0.15) is 48.4 Å². The number of carboxylic acid groups (broad SMARTS) is 1. The second-order valence-corrected chi connectivity index (χ2v) is 9.92. The lowest BCUT2D eigenvalue weighted by Gasteiger charge is -2.45. The highest BCUT2D eigenvalue weighted by atomic mass is 16.6. The van der Waals surface area contributed by atoms with E-state index < -0.39 is 17.6 Å². The highest BCUT2D eigenvalue weighted by molar-refractivity contribution is 5.86. The Morgan fingerprint density at radius 2 is 1.64 bits per heavy atom. The molecule has 2 aliphatic rings. The van der Waals surface area contributed by atoms with E-state index in [2.05, 4.69) is 24.3 Å². The Labute approximate surface area is 211 Å². The Hall–Kier alpha value is -3.80. The molecule has 0 spiro atoms. The van der Waals surface area contributed by atoms with E-state index in [0.717, 1.165) is 33.4 Å². The second kappa shape index (κ2) is 9.34. The van der Waals surface area contributed by atoms with Gasteiger partial charge in [0.15, 0.2) is 0 Å². The molecule has 1 atom stereocenters. The molecule has 1 unspecified atom stereocenters. The number of methoxy groups -OCH3 is 1. The molecule has 0 fully saturated rings. The van der Waals surface area contributed by atoms with E-state index in [-0.39, 0.29) is 25.0 Å². The maximum Gasteiger partial charge on any atom is 0.411 e. The lowest BCUT2D eigenvalue weighted by molar-refractivity contribution is -0.153. The van der Waals surface area contributed by atoms with Crippen LogP contribution in [0.2, 0.25) is 0 Å². The highest BCUT2D eigenvalue weighted by Crippen LogP contribution is 2.45. The number of rotatable bonds is 6. The average molecular weight is 486 g/mol. The molecule has 0 saturated carbocycles. The van der Waals surface area contributed by atoms with Gasteiger partial charge < -0.3 is 14.6 Å². The van der Waals surface area contributed by atoms with Crippen LogP contribution in [0.25, 0.3) is 11.1 Å². The zero-order chi connectivity index (χ0) is 25.4. The second-order valence-electron chi connectivity index (χ2n) is 9.92. The minimum atomic E-state index is -1.39. The molecule has 0 saturated heterocycles. The lowest BCUT2D eigenvalue weighted by atomic mass is 9.76. The molecule has 3 aromatic carbocycles. The number of carbonyl (C=O) groups is 2. The summed E-state index contributed by atoms with van der Waals surface area (Å²) >= 11 is 0. The Balaban J connectivity index is 1.43. The first kappa shape index (κ1) is 23.9. The van der Waals surface area contributed by atoms with Crippen molar-refractivity contribution in [3.8, 4) is 16.9 Å². The third-order valence-corrected chi connectivity index (χ3v) is 7.61. The summed E-state index contributed by atoms with van der Waals surface area (Å²) in [4.78, 5) is 27.9. The molecule has 3 aromatic rings. The number of ether oxygens (including phenoxy) is 2. The molecule has 1 N–H and O–H groups in total. The van der Waals surface area contributed by atoms with Crippen LogP contribution in [-0.4, -0.2) is 47.4 Å². The summed E-state index contributed by atoms with van der Waals surface area (Å²) in [6.07, 6.45) is 0.493. The van der Waals surface area contributed by atoms with Gasteiger partial charge in [-0.15, -0.1) is 0 Å². The largest absolute Gasteiger partial charge is 0.497 e. The quantitative estimate of drug-likeness (QED) is 0.487. The lowest BCUT2D eigenvalue weighted by Crippen LogP contribution is -2.62. The average Bonchev–Trinajstić information content (AvgIpc) is 3.20. The molecule has 1 amide bonds. The first-order chi connectivity index (χ1) is 17.4. The molecule has 0 aromatic heterocycles. The van der Waals surface area contributed by atoms with E-state index in [1.54, 1.807) is 7.11 Å². The number of amides is 1. The van der Waals surface area contributed by atoms with Crippen LogP contribution in [0.4, 0.5) is 4.79 Å². The number of fused-ring (bicyclic) bond motifs is 4. The third kappa shape index (κ3) is 3.91. The molecule has 0 bridgehead atoms. The van der Waals surface area contributed by atoms with Crippen molar-refractivity contribution >= 4 is 12.1 Å². The van der Waals surface area contributed by atoms with Gasteiger partial charge in [-0.1, -0.05) is 54.6 Å². The van der Waals surface area contributed by atoms with Gasteiger partial charge in [-0.05, 0) is 72.2 Å². The van der Waals surface area contributed by atoms with Gasteiger partial charge in [-0.3, -0.25) is 4.90 Å². The standard InChI is InChI=1S/C30H31NO5/c1-19(2)31(30(28(32)33)15-14-20-12-13-22(35-3)16-21(20)17-30)29(34)36-18-27-25-10-6-4-8-23(25)24-9-5-7-11-26(24)27/h4-13,16,19,27H,14-15,17-18H2,1-3H3,(H,32,33). The fraction of sp³-hybridized carbons (Fsp3) is 0.333. The van der Waals surface area contributed by atoms with Gasteiger partial charge in [-0.2, -0.15) is 0 Å². The zero-order valence-electron chi connectivity index (χ0n) is 20.9. The van der Waals surface area contributed by atoms with Crippen molar-refractivity contribution in [2.45, 2.75) is 50.6 Å². The maximum absolute atomic E-state index is 13.6. The summed E-state index contributed by atoms with van der Waals surface area (Å²) in [5.41, 5.74) is 5.12. The molecule has 2 aliphatic carbocycles. The van der Waals surface area contributed by atoms with Crippen molar-refractivity contribution in [2.24, 2.45) is 0 Å². The van der Waals surface area contributed by atoms with Crippen LogP contribution in [-0.2, 0) is 22.4 Å². The number of benzene rings is 3. The van der Waals surface area contributed by atoms with Crippen LogP contribution in [0.15, 0.2) is 66.7 Å². The monoisotopic (exact) mass is 485 g/mol. The van der Waals surface area contributed by atoms with E-state index in [1.165, 1.54) is 4.90 Å². The molecular formula is C30H31NO5. The molecule has 6 heteroatoms. The van der Waals surface area contributed by atoms with Crippen molar-refractivity contribution in [2.75, 3.05) is 13.7 Å². The van der Waals surface area contributed by atoms with E-state index >= 15 is 0 Å². The van der Waals surface area contributed by atoms with E-state index in [9.17, 15) is 14.7 Å². The predicted octanol–water partition coefficient (Wildman–Crippen LogP) is 5.67. The zero-order valence-corrected chi connectivity index (χ0v) is 20.9. The van der Waals surface area contributed by atoms with Crippen LogP contribution in [0.5, 0.6) is 5.75 Å². The normalized spacial score (nSPS) is 18.2. The number of hydrogen-bond acceptors (Lipinski definition) is 4. The number of carboxylic acids is 1. The summed E-state index contributed by atoms with van der Waals surface area (Å²) in [6, 6.07) is 21.7. The molecule has 186 valence electrons. The van der Waals surface area contributed by atoms with Crippen molar-refractivity contribution in [1.29, 1.82) is 0 Å². The first-order valence-corrected chi connectivity index (χ1v) is 12.4. The van der Waals surface area contributed by atoms with E-state index in [1.807, 2.05) is 56.3 Å². The van der Waals surface area contributed by atoms with Gasteiger partial charge in [0.2, 0.25) is 0 Å². The molecule has 0 aliphatic heterocycles. The van der Waals surface area contributed by atoms with Crippen LogP contribution in [0.3, 0.4) is 0 Å². The molecule has 5 rings (SSSR count). The van der Waals surface area contributed by atoms with Crippen LogP contribution < -0.4 is 4.74 Å². The number of aliphatic carboxylic acids is 1. The van der Waals surface area contributed by atoms with Crippen molar-refractivity contribution in [3.63, 3.8) is 0 Å². The first-order valence-electron chi connectivity index (χ1n) is 12.4. The number of hydrogen-bond donors (Lipinski definition) is 1. The van der Waals surface area contributed by atoms with E-state index in [0.29, 0.717) is 18.6 Å². The summed E-state index contributed by atoms with van der Waals surface area (Å²) in [5.74, 6) is -0.433. The maximum atomic E-state index is 13.6. The molecule has 36 heavy (non-hydrogen) atoms. The molecular weight excluding hydrogens is 454 g/mol. The van der Waals surface area contributed by atoms with Gasteiger partial charge in [0.05, 0.1) is 7.11 Å². The minimum Gasteiger partial charge on any atom is -0.497 e. The van der Waals surface area contributed by atoms with Crippen LogP contribution >= 0.6 is 0 Å². The Morgan fingerprint density at radius 3 is 2.22 bits per heavy atom. The number of nitrogens with zero attached hydrogens (tertiary/aromatic N) is 1. The topological polar surface area (TPSA) is 76.1 Å². The number of carbonyl (C=O) groups excluding carboxylic acids is 1. The van der Waals surface area contributed by atoms with Crippen LogP contribution in [0, 0.1) is 0 Å². The van der Waals surface area contributed by atoms with Crippen molar-refractivity contribution < 1.29 is 24.2 Å². The smallest absolute Gasteiger partial charge is 0.411 e. The number of aryl methyl sites for hydroxylation is 1. The SMILES string of the molecule is COc1ccc2c(c1)CC(C(=O)O)(N(C(=O)OCC1c3ccccc3-c3ccccc31)C(C)C)CC2. The summed E-state index contributed by atoms with van der Waals surface area (Å²) in [7, 11) is 1.59. The Kier molecular flexibility index (Phi) is 6.20. The fourth-order valence-corrected chi connectivity index (χ4v) is 5.92. The highest BCUT2D eigenvalue weighted by Gasteiger charge is 2.50. The summed E-state index contributed by atoms with van der Waals surface area (Å²) in [6.45, 7) is 3.83. The predicted molar refractivity (Wildman–Crippen MR) is 137 cm³/mol. The van der Waals surface area contributed by atoms with Crippen molar-refractivity contribution in [3.05, 3.63) is 89.0 Å². The molecule has 0 radical (unpaired) electrons. The van der Waals surface area contributed by atoms with Gasteiger partial charge in [0.1, 0.15) is 17.9 Å². The molecule has 6 nitrogen and oxygen atoms in total. The Bertz CT molecular complexity index is 1270. The van der Waals surface area contributed by atoms with Gasteiger partial charge in [0, 0.05) is 18.4 Å². The summed E-state index contributed by atoms with van der Waals surface area (Å²) < 4.78 is 11.3. The van der Waals surface area contributed by atoms with Gasteiger partial charge in [0.25, 0.3) is 0 Å².